The van der Waals surface area contributed by atoms with E-state index in [0.29, 0.717) is 71.0 Å². The summed E-state index contributed by atoms with van der Waals surface area (Å²) in [7, 11) is -6.90. The molecule has 7 heterocycles. The van der Waals surface area contributed by atoms with Gasteiger partial charge in [-0.05, 0) is 66.6 Å². The van der Waals surface area contributed by atoms with Crippen molar-refractivity contribution >= 4 is 78.6 Å². The number of hydrogen-bond acceptors (Lipinski definition) is 31. The fourth-order valence-corrected chi connectivity index (χ4v) is 12.0. The Morgan fingerprint density at radius 2 is 0.991 bits per heavy atom. The van der Waals surface area contributed by atoms with Crippen LogP contribution >= 0.6 is 43.1 Å². The number of nitrogens with two attached hydrogens (primary N) is 1. The number of amides is 4. The Bertz CT molecular complexity index is 3490. The molecule has 4 amide bonds. The van der Waals surface area contributed by atoms with Crippen LogP contribution in [0.2, 0.25) is 0 Å². The molecule has 6 aromatic rings. The van der Waals surface area contributed by atoms with Gasteiger partial charge in [-0.1, -0.05) is 18.7 Å². The maximum Gasteiger partial charge on any atom is 1.00 e. The number of aliphatic hydroxyl groups is 2. The van der Waals surface area contributed by atoms with Gasteiger partial charge in [0.15, 0.2) is 13.2 Å². The van der Waals surface area contributed by atoms with E-state index in [2.05, 4.69) is 145 Å². The second-order valence-corrected chi connectivity index (χ2v) is 28.7. The number of carboxylic acid groups (broad SMARTS) is 1. The third-order valence-corrected chi connectivity index (χ3v) is 18.1. The summed E-state index contributed by atoms with van der Waals surface area (Å²) < 4.78 is 73.9. The average Bonchev–Trinajstić information content (AvgIpc) is 1.86. The number of imidazole rings is 6. The van der Waals surface area contributed by atoms with E-state index in [1.165, 1.54) is 30.5 Å². The molecular formula is C63H107Cl2N22NaO21P4-2. The number of hydrogen-bond donors (Lipinski definition) is 8. The molecule has 50 heteroatoms. The molecule has 7 rings (SSSR count). The van der Waals surface area contributed by atoms with Crippen LogP contribution in [0.15, 0.2) is 112 Å². The SMILES string of the molecule is CC#N.CC(C)N(C(C)C)P(Cl)OCCC#N.CC(C)N(C(C)C)P(OCCC#N)OCCNC(=O)Cn1ccnc1.COP(=O)([O-])OCCNC(=O)Cn1cc[n+](C)c1.COP(=O)([O-])OCCNC(=O)Cn1ccnc1.NCCO.O=C(Cn1ccnc1)NCCO.O=C(O)Cn1ccnc1.O=C1CO1.[Cl-].[Na+].c1c[n-]cn1. The van der Waals surface area contributed by atoms with Crippen LogP contribution in [-0.4, -0.2) is 232 Å². The fourth-order valence-electron chi connectivity index (χ4n) is 7.20. The molecular weight excluding hydrogens is 1620 g/mol. The number of carbonyl (C=O) groups is 6. The van der Waals surface area contributed by atoms with Gasteiger partial charge >= 0.3 is 41.5 Å². The number of nitriles is 3. The Balaban J connectivity index is -0.000000402. The van der Waals surface area contributed by atoms with Gasteiger partial charge in [0.1, 0.15) is 38.6 Å². The molecule has 113 heavy (non-hydrogen) atoms. The number of ether oxygens (including phenoxy) is 1. The minimum absolute atomic E-state index is 0. The van der Waals surface area contributed by atoms with Crippen LogP contribution in [0, 0.1) is 34.0 Å². The van der Waals surface area contributed by atoms with Crippen molar-refractivity contribution < 1.29 is 146 Å². The first-order chi connectivity index (χ1) is 52.7. The zero-order valence-corrected chi connectivity index (χ0v) is 72.8. The molecule has 4 atom stereocenters. The number of phosphoric ester groups is 2. The van der Waals surface area contributed by atoms with Gasteiger partial charge in [0.2, 0.25) is 31.7 Å². The number of nitrogens with zero attached hydrogens (tertiary/aromatic N) is 17. The first-order valence-electron chi connectivity index (χ1n) is 33.6. The summed E-state index contributed by atoms with van der Waals surface area (Å²) in [4.78, 5) is 109. The van der Waals surface area contributed by atoms with Crippen molar-refractivity contribution in [2.45, 2.75) is 132 Å². The van der Waals surface area contributed by atoms with E-state index < -0.39 is 37.8 Å². The molecule has 1 saturated heterocycles. The van der Waals surface area contributed by atoms with Crippen molar-refractivity contribution in [3.05, 3.63) is 112 Å². The molecule has 0 radical (unpaired) electrons. The van der Waals surface area contributed by atoms with Crippen LogP contribution in [0.25, 0.3) is 0 Å². The molecule has 1 fully saturated rings. The summed E-state index contributed by atoms with van der Waals surface area (Å²) in [6, 6.07) is 7.08. The van der Waals surface area contributed by atoms with Gasteiger partial charge in [-0.25, -0.2) is 43.2 Å². The number of epoxide rings is 1. The van der Waals surface area contributed by atoms with E-state index in [1.54, 1.807) is 111 Å². The van der Waals surface area contributed by atoms with E-state index in [9.17, 15) is 47.7 Å². The van der Waals surface area contributed by atoms with Crippen LogP contribution in [0.3, 0.4) is 0 Å². The third kappa shape index (κ3) is 70.1. The normalized spacial score (nSPS) is 12.0. The van der Waals surface area contributed by atoms with Crippen molar-refractivity contribution in [1.82, 2.24) is 83.3 Å². The predicted octanol–water partition coefficient (Wildman–Crippen LogP) is -4.50. The molecule has 0 aliphatic carbocycles. The molecule has 9 N–H and O–H groups in total. The van der Waals surface area contributed by atoms with Crippen molar-refractivity contribution in [3.63, 3.8) is 0 Å². The second-order valence-electron chi connectivity index (χ2n) is 22.2. The molecule has 0 spiro atoms. The van der Waals surface area contributed by atoms with Crippen molar-refractivity contribution in [3.8, 4) is 18.2 Å². The van der Waals surface area contributed by atoms with E-state index >= 15 is 0 Å². The molecule has 6 aromatic heterocycles. The summed E-state index contributed by atoms with van der Waals surface area (Å²) in [5.74, 6) is -1.64. The number of aliphatic hydroxyl groups excluding tert-OH is 2. The van der Waals surface area contributed by atoms with Gasteiger partial charge in [-0.2, -0.15) is 15.8 Å². The predicted molar refractivity (Wildman–Crippen MR) is 401 cm³/mol. The molecule has 4 unspecified atom stereocenters. The zero-order valence-electron chi connectivity index (χ0n) is 65.8. The molecule has 0 bridgehead atoms. The zero-order chi connectivity index (χ0) is 84.3. The summed E-state index contributed by atoms with van der Waals surface area (Å²) in [5, 5.41) is 59.1. The number of carboxylic acids is 1. The standard InChI is InChI=1S/C16H28N5O3P.C9H18ClN2OP.C9H16N3O5P.C8H14N3O5P.C7H11N3O2.C5H6N2O2.C3H3N2.C2H7NO.C2H3N.C2H2O2.ClH.Na/c1-14(2)21(15(3)4)25(23-10-5-6-17)24-11-8-19-16(22)12-20-9-7-18-13-20;1-8(2)12(9(3)4)14(10)13-7-5-6-11;1-11-4-5-12(8-11)7-9(13)10-3-6-17-18(14,15)16-2;1-15-17(13,14)16-5-3-10-8(12)6-11-4-2-9-7-11;11-4-2-9-7(12)5-10-3-1-8-6-10;8-5(9)3-7-2-1-6-4-7;1-2-5-3-4-1;3-1-2-4;1-2-3;3-2-1-4-2;;/h7,9,13-15H,5,8,10-12H2,1-4H3,(H,19,22);8-9H,5,7H2,1-4H3;4-5,8H,3,6-7H2,1-2H3,(H-,10,13,14,15);2,4,7H,3,5-6H2,1H3,(H,10,12)(H,13,14);1,3,6,11H,2,4-5H2,(H,9,12);1-2,4H,3H2,(H,8,9);1-3H;4H,1-3H2;1H3;1H2;1H;/q;;;;;;-1;;;;;+1/p-2. The first-order valence-corrected chi connectivity index (χ1v) is 39.8. The topological polar surface area (TPSA) is 580 Å². The van der Waals surface area contributed by atoms with Gasteiger partial charge in [0.25, 0.3) is 30.1 Å². The number of aryl methyl sites for hydroxylation is 1. The molecule has 1 aliphatic heterocycles. The van der Waals surface area contributed by atoms with Gasteiger partial charge < -0.3 is 129 Å². The number of aromatic nitrogens is 12. The summed E-state index contributed by atoms with van der Waals surface area (Å²) in [6.07, 6.45) is 30.0. The Morgan fingerprint density at radius 3 is 1.27 bits per heavy atom. The monoisotopic (exact) mass is 1720 g/mol. The third-order valence-electron chi connectivity index (χ3n) is 11.6. The van der Waals surface area contributed by atoms with Crippen molar-refractivity contribution in [2.24, 2.45) is 12.8 Å². The van der Waals surface area contributed by atoms with E-state index in [-0.39, 0.29) is 156 Å². The molecule has 0 aromatic carbocycles. The van der Waals surface area contributed by atoms with Crippen LogP contribution in [0.4, 0.5) is 0 Å². The van der Waals surface area contributed by atoms with Gasteiger partial charge in [-0.3, -0.25) is 33.1 Å². The van der Waals surface area contributed by atoms with Gasteiger partial charge in [0.05, 0.1) is 110 Å². The minimum Gasteiger partial charge on any atom is -1.00 e. The van der Waals surface area contributed by atoms with E-state index in [1.807, 2.05) is 23.9 Å². The van der Waals surface area contributed by atoms with Crippen LogP contribution in [-0.2, 0) is 114 Å². The Morgan fingerprint density at radius 1 is 0.637 bits per heavy atom. The van der Waals surface area contributed by atoms with Crippen LogP contribution < -0.4 is 88.3 Å². The number of rotatable bonds is 39. The number of halogens is 2. The quantitative estimate of drug-likeness (QED) is 0.00593. The smallest absolute Gasteiger partial charge is 1.00 e. The molecule has 632 valence electrons. The molecule has 43 nitrogen and oxygen atoms in total. The number of carbonyl (C=O) groups excluding carboxylic acids is 5. The maximum absolute atomic E-state index is 11.8. The Hall–Kier alpha value is -7.11. The first kappa shape index (κ1) is 114. The Labute approximate surface area is 694 Å². The van der Waals surface area contributed by atoms with Crippen LogP contribution in [0.1, 0.15) is 75.2 Å². The number of phosphoric acid groups is 2. The number of cyclic esters (lactones) is 1. The van der Waals surface area contributed by atoms with Gasteiger partial charge in [0, 0.05) is 128 Å². The summed E-state index contributed by atoms with van der Waals surface area (Å²) in [6.45, 7) is 21.3. The number of nitrogens with one attached hydrogen (secondary N) is 4. The molecule has 0 saturated carbocycles. The van der Waals surface area contributed by atoms with Crippen LogP contribution in [0.5, 0.6) is 0 Å². The van der Waals surface area contributed by atoms with Crippen molar-refractivity contribution in [2.75, 3.05) is 99.8 Å². The minimum atomic E-state index is -4.21. The van der Waals surface area contributed by atoms with E-state index in [4.69, 9.17) is 61.7 Å². The number of aliphatic carboxylic acids is 1. The summed E-state index contributed by atoms with van der Waals surface area (Å²) in [5.41, 5.74) is 4.78. The molecule has 1 aliphatic rings. The largest absolute Gasteiger partial charge is 1.00 e. The average molecular weight is 1730 g/mol. The maximum atomic E-state index is 11.8. The second kappa shape index (κ2) is 73.8. The van der Waals surface area contributed by atoms with Crippen molar-refractivity contribution in [1.29, 1.82) is 15.8 Å². The van der Waals surface area contributed by atoms with E-state index in [0.717, 1.165) is 14.2 Å². The fraction of sp³-hybridized carbons (Fsp3) is 0.571. The Kier molecular flexibility index (Phi) is 74.7. The summed E-state index contributed by atoms with van der Waals surface area (Å²) >= 11 is 6.13. The van der Waals surface area contributed by atoms with Gasteiger partial charge in [-0.15, -0.1) is 0 Å².